The average Bonchev–Trinajstić information content (AvgIpc) is 2.84. The predicted molar refractivity (Wildman–Crippen MR) is 71.2 cm³/mol. The Balaban J connectivity index is 1.91. The molecular formula is C14H21N3O. The number of hydrogen-bond acceptors (Lipinski definition) is 3. The lowest BCUT2D eigenvalue weighted by molar-refractivity contribution is 0.0938. The van der Waals surface area contributed by atoms with Gasteiger partial charge in [0.1, 0.15) is 5.69 Å². The van der Waals surface area contributed by atoms with Gasteiger partial charge < -0.3 is 11.1 Å². The van der Waals surface area contributed by atoms with Crippen molar-refractivity contribution in [2.45, 2.75) is 26.2 Å². The van der Waals surface area contributed by atoms with E-state index < -0.39 is 0 Å². The highest BCUT2D eigenvalue weighted by molar-refractivity contribution is 5.93. The molecule has 1 aliphatic carbocycles. The van der Waals surface area contributed by atoms with E-state index in [1.807, 2.05) is 19.1 Å². The van der Waals surface area contributed by atoms with Gasteiger partial charge in [0.15, 0.2) is 0 Å². The van der Waals surface area contributed by atoms with E-state index in [9.17, 15) is 4.79 Å². The van der Waals surface area contributed by atoms with Crippen LogP contribution in [0.4, 0.5) is 0 Å². The quantitative estimate of drug-likeness (QED) is 0.847. The van der Waals surface area contributed by atoms with E-state index >= 15 is 0 Å². The van der Waals surface area contributed by atoms with Gasteiger partial charge in [0.05, 0.1) is 0 Å². The fourth-order valence-electron chi connectivity index (χ4n) is 2.72. The van der Waals surface area contributed by atoms with Crippen molar-refractivity contribution in [3.8, 4) is 0 Å². The van der Waals surface area contributed by atoms with Crippen LogP contribution in [-0.4, -0.2) is 24.0 Å². The second kappa shape index (κ2) is 5.96. The first-order valence-electron chi connectivity index (χ1n) is 6.62. The molecule has 4 nitrogen and oxygen atoms in total. The van der Waals surface area contributed by atoms with Crippen LogP contribution in [0, 0.1) is 18.8 Å². The standard InChI is InChI=1S/C14H21N3O/c1-10-4-3-7-16-13(10)14(18)17-9-12-6-2-5-11(12)8-15/h3-4,7,11-12H,2,5-6,8-9,15H2,1H3,(H,17,18). The smallest absolute Gasteiger partial charge is 0.270 e. The van der Waals surface area contributed by atoms with Crippen LogP contribution in [0.1, 0.15) is 35.3 Å². The van der Waals surface area contributed by atoms with E-state index in [0.717, 1.165) is 18.7 Å². The SMILES string of the molecule is Cc1cccnc1C(=O)NCC1CCCC1CN. The lowest BCUT2D eigenvalue weighted by Gasteiger charge is -2.18. The summed E-state index contributed by atoms with van der Waals surface area (Å²) in [6, 6.07) is 3.74. The largest absolute Gasteiger partial charge is 0.350 e. The van der Waals surface area contributed by atoms with Crippen molar-refractivity contribution < 1.29 is 4.79 Å². The van der Waals surface area contributed by atoms with Gasteiger partial charge in [-0.15, -0.1) is 0 Å². The zero-order valence-corrected chi connectivity index (χ0v) is 10.9. The predicted octanol–water partition coefficient (Wildman–Crippen LogP) is 1.49. The van der Waals surface area contributed by atoms with E-state index in [2.05, 4.69) is 10.3 Å². The van der Waals surface area contributed by atoms with Gasteiger partial charge in [-0.25, -0.2) is 0 Å². The molecule has 2 unspecified atom stereocenters. The van der Waals surface area contributed by atoms with Crippen LogP contribution in [0.25, 0.3) is 0 Å². The Bertz CT molecular complexity index is 419. The second-order valence-corrected chi connectivity index (χ2v) is 5.07. The van der Waals surface area contributed by atoms with Crippen molar-refractivity contribution in [3.05, 3.63) is 29.6 Å². The maximum absolute atomic E-state index is 12.0. The molecule has 1 aliphatic rings. The minimum atomic E-state index is -0.0734. The van der Waals surface area contributed by atoms with Gasteiger partial charge in [0, 0.05) is 12.7 Å². The molecule has 2 rings (SSSR count). The Labute approximate surface area is 108 Å². The van der Waals surface area contributed by atoms with E-state index in [1.165, 1.54) is 19.3 Å². The van der Waals surface area contributed by atoms with Crippen molar-refractivity contribution in [2.24, 2.45) is 17.6 Å². The third kappa shape index (κ3) is 2.88. The maximum Gasteiger partial charge on any atom is 0.270 e. The Morgan fingerprint density at radius 2 is 2.28 bits per heavy atom. The fourth-order valence-corrected chi connectivity index (χ4v) is 2.72. The molecular weight excluding hydrogens is 226 g/mol. The molecule has 1 fully saturated rings. The molecule has 0 aromatic carbocycles. The molecule has 1 aromatic heterocycles. The van der Waals surface area contributed by atoms with Crippen molar-refractivity contribution in [2.75, 3.05) is 13.1 Å². The number of amides is 1. The summed E-state index contributed by atoms with van der Waals surface area (Å²) in [4.78, 5) is 16.1. The van der Waals surface area contributed by atoms with Gasteiger partial charge in [-0.05, 0) is 49.8 Å². The zero-order chi connectivity index (χ0) is 13.0. The molecule has 1 saturated carbocycles. The normalized spacial score (nSPS) is 23.0. The number of aryl methyl sites for hydroxylation is 1. The molecule has 4 heteroatoms. The highest BCUT2D eigenvalue weighted by Gasteiger charge is 2.26. The van der Waals surface area contributed by atoms with Crippen molar-refractivity contribution in [1.82, 2.24) is 10.3 Å². The van der Waals surface area contributed by atoms with Gasteiger partial charge >= 0.3 is 0 Å². The molecule has 98 valence electrons. The second-order valence-electron chi connectivity index (χ2n) is 5.07. The number of aromatic nitrogens is 1. The van der Waals surface area contributed by atoms with E-state index in [4.69, 9.17) is 5.73 Å². The van der Waals surface area contributed by atoms with Gasteiger partial charge in [-0.2, -0.15) is 0 Å². The van der Waals surface area contributed by atoms with Crippen LogP contribution in [0.5, 0.6) is 0 Å². The minimum Gasteiger partial charge on any atom is -0.350 e. The van der Waals surface area contributed by atoms with Crippen molar-refractivity contribution >= 4 is 5.91 Å². The fraction of sp³-hybridized carbons (Fsp3) is 0.571. The highest BCUT2D eigenvalue weighted by atomic mass is 16.1. The summed E-state index contributed by atoms with van der Waals surface area (Å²) >= 11 is 0. The summed E-state index contributed by atoms with van der Waals surface area (Å²) in [5, 5.41) is 2.99. The van der Waals surface area contributed by atoms with Crippen LogP contribution in [0.2, 0.25) is 0 Å². The Hall–Kier alpha value is -1.42. The van der Waals surface area contributed by atoms with Crippen LogP contribution >= 0.6 is 0 Å². The zero-order valence-electron chi connectivity index (χ0n) is 10.9. The number of carbonyl (C=O) groups excluding carboxylic acids is 1. The van der Waals surface area contributed by atoms with Gasteiger partial charge in [-0.3, -0.25) is 9.78 Å². The molecule has 0 bridgehead atoms. The minimum absolute atomic E-state index is 0.0734. The summed E-state index contributed by atoms with van der Waals surface area (Å²) in [6.07, 6.45) is 5.24. The number of rotatable bonds is 4. The first-order valence-corrected chi connectivity index (χ1v) is 6.62. The molecule has 1 heterocycles. The summed E-state index contributed by atoms with van der Waals surface area (Å²) in [5.74, 6) is 1.02. The third-order valence-corrected chi connectivity index (χ3v) is 3.87. The Morgan fingerprint density at radius 3 is 3.00 bits per heavy atom. The van der Waals surface area contributed by atoms with Gasteiger partial charge in [0.25, 0.3) is 5.91 Å². The molecule has 0 spiro atoms. The molecule has 0 saturated heterocycles. The molecule has 0 aliphatic heterocycles. The van der Waals surface area contributed by atoms with Gasteiger partial charge in [0.2, 0.25) is 0 Å². The first kappa shape index (κ1) is 13.0. The van der Waals surface area contributed by atoms with Crippen LogP contribution in [0.3, 0.4) is 0 Å². The topological polar surface area (TPSA) is 68.0 Å². The van der Waals surface area contributed by atoms with E-state index in [0.29, 0.717) is 17.5 Å². The van der Waals surface area contributed by atoms with Crippen molar-refractivity contribution in [3.63, 3.8) is 0 Å². The number of pyridine rings is 1. The Morgan fingerprint density at radius 1 is 1.50 bits per heavy atom. The summed E-state index contributed by atoms with van der Waals surface area (Å²) < 4.78 is 0. The average molecular weight is 247 g/mol. The monoisotopic (exact) mass is 247 g/mol. The van der Waals surface area contributed by atoms with Gasteiger partial charge in [-0.1, -0.05) is 12.5 Å². The van der Waals surface area contributed by atoms with Crippen molar-refractivity contribution in [1.29, 1.82) is 0 Å². The van der Waals surface area contributed by atoms with Crippen LogP contribution in [0.15, 0.2) is 18.3 Å². The van der Waals surface area contributed by atoms with E-state index in [-0.39, 0.29) is 5.91 Å². The lowest BCUT2D eigenvalue weighted by Crippen LogP contribution is -2.33. The third-order valence-electron chi connectivity index (χ3n) is 3.87. The number of carbonyl (C=O) groups is 1. The van der Waals surface area contributed by atoms with Crippen LogP contribution < -0.4 is 11.1 Å². The summed E-state index contributed by atoms with van der Waals surface area (Å²) in [6.45, 7) is 3.35. The molecule has 1 amide bonds. The highest BCUT2D eigenvalue weighted by Crippen LogP contribution is 2.30. The number of hydrogen-bond donors (Lipinski definition) is 2. The summed E-state index contributed by atoms with van der Waals surface area (Å²) in [5.41, 5.74) is 7.18. The molecule has 3 N–H and O–H groups in total. The molecule has 2 atom stereocenters. The summed E-state index contributed by atoms with van der Waals surface area (Å²) in [7, 11) is 0. The number of nitrogens with two attached hydrogens (primary N) is 1. The Kier molecular flexibility index (Phi) is 4.31. The van der Waals surface area contributed by atoms with Crippen LogP contribution in [-0.2, 0) is 0 Å². The maximum atomic E-state index is 12.0. The lowest BCUT2D eigenvalue weighted by atomic mass is 9.96. The first-order chi connectivity index (χ1) is 8.72. The van der Waals surface area contributed by atoms with E-state index in [1.54, 1.807) is 6.20 Å². The molecule has 1 aromatic rings. The molecule has 0 radical (unpaired) electrons. The number of nitrogens with zero attached hydrogens (tertiary/aromatic N) is 1. The number of nitrogens with one attached hydrogen (secondary N) is 1. The molecule has 18 heavy (non-hydrogen) atoms.